The van der Waals surface area contributed by atoms with Crippen LogP contribution in [0.5, 0.6) is 0 Å². The molecule has 0 aliphatic carbocycles. The first kappa shape index (κ1) is 15.0. The Morgan fingerprint density at radius 2 is 1.68 bits per heavy atom. The standard InChI is InChI=1S/C10H18F3N3O2S/c11-10(12,13)7-15-1-3-16(4-2-15)9-6-19(17,18)5-8(9)14/h8-9H,1-7,14H2. The maximum Gasteiger partial charge on any atom is 0.401 e. The van der Waals surface area contributed by atoms with E-state index in [4.69, 9.17) is 5.73 Å². The summed E-state index contributed by atoms with van der Waals surface area (Å²) < 4.78 is 59.7. The van der Waals surface area contributed by atoms with Gasteiger partial charge in [0.2, 0.25) is 0 Å². The molecule has 0 aromatic rings. The van der Waals surface area contributed by atoms with E-state index in [1.54, 1.807) is 0 Å². The third kappa shape index (κ3) is 4.04. The number of sulfone groups is 1. The van der Waals surface area contributed by atoms with Crippen molar-refractivity contribution in [1.29, 1.82) is 0 Å². The van der Waals surface area contributed by atoms with Crippen molar-refractivity contribution in [2.45, 2.75) is 18.3 Å². The molecule has 2 aliphatic heterocycles. The molecule has 2 unspecified atom stereocenters. The van der Waals surface area contributed by atoms with Gasteiger partial charge >= 0.3 is 6.18 Å². The van der Waals surface area contributed by atoms with Crippen molar-refractivity contribution >= 4 is 9.84 Å². The normalized spacial score (nSPS) is 33.7. The van der Waals surface area contributed by atoms with E-state index < -0.39 is 28.6 Å². The maximum atomic E-state index is 12.2. The number of hydrogen-bond donors (Lipinski definition) is 1. The van der Waals surface area contributed by atoms with E-state index in [1.807, 2.05) is 4.90 Å². The minimum atomic E-state index is -4.19. The van der Waals surface area contributed by atoms with Crippen LogP contribution < -0.4 is 5.73 Å². The summed E-state index contributed by atoms with van der Waals surface area (Å²) in [5.74, 6) is -0.00608. The summed E-state index contributed by atoms with van der Waals surface area (Å²) in [6.07, 6.45) is -4.19. The molecule has 2 rings (SSSR count). The third-order valence-corrected chi connectivity index (χ3v) is 5.39. The summed E-state index contributed by atoms with van der Waals surface area (Å²) in [6, 6.07) is -0.683. The smallest absolute Gasteiger partial charge is 0.325 e. The number of rotatable bonds is 2. The molecule has 0 saturated carbocycles. The Balaban J connectivity index is 1.87. The second-order valence-corrected chi connectivity index (χ2v) is 7.39. The van der Waals surface area contributed by atoms with Crippen molar-refractivity contribution in [3.63, 3.8) is 0 Å². The first-order chi connectivity index (χ1) is 8.66. The first-order valence-electron chi connectivity index (χ1n) is 6.15. The van der Waals surface area contributed by atoms with Gasteiger partial charge in [0.05, 0.1) is 18.1 Å². The Kier molecular flexibility index (Phi) is 4.10. The van der Waals surface area contributed by atoms with Gasteiger partial charge in [0, 0.05) is 38.3 Å². The fraction of sp³-hybridized carbons (Fsp3) is 1.00. The van der Waals surface area contributed by atoms with Crippen LogP contribution in [0.1, 0.15) is 0 Å². The Labute approximate surface area is 110 Å². The van der Waals surface area contributed by atoms with Gasteiger partial charge < -0.3 is 5.73 Å². The van der Waals surface area contributed by atoms with Crippen LogP contribution >= 0.6 is 0 Å². The molecule has 0 radical (unpaired) electrons. The highest BCUT2D eigenvalue weighted by molar-refractivity contribution is 7.91. The van der Waals surface area contributed by atoms with Gasteiger partial charge in [-0.2, -0.15) is 13.2 Å². The van der Waals surface area contributed by atoms with Gasteiger partial charge in [-0.25, -0.2) is 8.42 Å². The van der Waals surface area contributed by atoms with Crippen molar-refractivity contribution in [2.75, 3.05) is 44.2 Å². The van der Waals surface area contributed by atoms with Crippen LogP contribution in [-0.2, 0) is 9.84 Å². The fourth-order valence-corrected chi connectivity index (χ4v) is 4.66. The van der Waals surface area contributed by atoms with Crippen LogP contribution in [0.3, 0.4) is 0 Å². The summed E-state index contributed by atoms with van der Waals surface area (Å²) in [7, 11) is -3.10. The number of nitrogens with zero attached hydrogens (tertiary/aromatic N) is 2. The van der Waals surface area contributed by atoms with Crippen LogP contribution in [0.2, 0.25) is 0 Å². The third-order valence-electron chi connectivity index (χ3n) is 3.64. The van der Waals surface area contributed by atoms with Crippen molar-refractivity contribution in [3.8, 4) is 0 Å². The maximum absolute atomic E-state index is 12.2. The van der Waals surface area contributed by atoms with Crippen molar-refractivity contribution in [1.82, 2.24) is 9.80 Å². The number of piperazine rings is 1. The van der Waals surface area contributed by atoms with E-state index in [-0.39, 0.29) is 17.5 Å². The van der Waals surface area contributed by atoms with E-state index in [0.717, 1.165) is 0 Å². The molecule has 0 spiro atoms. The highest BCUT2D eigenvalue weighted by Crippen LogP contribution is 2.21. The Morgan fingerprint density at radius 1 is 1.11 bits per heavy atom. The molecule has 9 heteroatoms. The highest BCUT2D eigenvalue weighted by atomic mass is 32.2. The van der Waals surface area contributed by atoms with E-state index in [1.165, 1.54) is 4.90 Å². The van der Waals surface area contributed by atoms with Gasteiger partial charge in [-0.15, -0.1) is 0 Å². The Morgan fingerprint density at radius 3 is 2.11 bits per heavy atom. The minimum Gasteiger partial charge on any atom is -0.325 e. The average Bonchev–Trinajstić information content (AvgIpc) is 2.51. The van der Waals surface area contributed by atoms with Gasteiger partial charge in [-0.05, 0) is 0 Å². The molecular weight excluding hydrogens is 283 g/mol. The van der Waals surface area contributed by atoms with Gasteiger partial charge in [0.15, 0.2) is 9.84 Å². The van der Waals surface area contributed by atoms with Gasteiger partial charge in [0.1, 0.15) is 0 Å². The largest absolute Gasteiger partial charge is 0.401 e. The molecule has 0 amide bonds. The van der Waals surface area contributed by atoms with Crippen molar-refractivity contribution in [2.24, 2.45) is 5.73 Å². The molecule has 112 valence electrons. The lowest BCUT2D eigenvalue weighted by Crippen LogP contribution is -2.56. The molecule has 0 aromatic carbocycles. The summed E-state index contributed by atoms with van der Waals surface area (Å²) in [5.41, 5.74) is 5.81. The molecule has 2 fully saturated rings. The zero-order chi connectivity index (χ0) is 14.3. The Hall–Kier alpha value is -0.380. The van der Waals surface area contributed by atoms with Crippen LogP contribution in [-0.4, -0.2) is 80.7 Å². The fourth-order valence-electron chi connectivity index (χ4n) is 2.74. The quantitative estimate of drug-likeness (QED) is 0.730. The van der Waals surface area contributed by atoms with Gasteiger partial charge in [-0.3, -0.25) is 9.80 Å². The molecule has 2 aliphatic rings. The van der Waals surface area contributed by atoms with E-state index in [9.17, 15) is 21.6 Å². The molecule has 0 aromatic heterocycles. The number of hydrogen-bond acceptors (Lipinski definition) is 5. The molecule has 0 bridgehead atoms. The zero-order valence-corrected chi connectivity index (χ0v) is 11.3. The van der Waals surface area contributed by atoms with Crippen LogP contribution in [0.15, 0.2) is 0 Å². The van der Waals surface area contributed by atoms with Gasteiger partial charge in [-0.1, -0.05) is 0 Å². The minimum absolute atomic E-state index is 0.0213. The summed E-state index contributed by atoms with van der Waals surface area (Å²) in [6.45, 7) is 0.551. The lowest BCUT2D eigenvalue weighted by molar-refractivity contribution is -0.149. The molecule has 5 nitrogen and oxygen atoms in total. The monoisotopic (exact) mass is 301 g/mol. The number of halogens is 3. The summed E-state index contributed by atoms with van der Waals surface area (Å²) >= 11 is 0. The van der Waals surface area contributed by atoms with E-state index in [2.05, 4.69) is 0 Å². The Bertz CT molecular complexity index is 418. The number of alkyl halides is 3. The first-order valence-corrected chi connectivity index (χ1v) is 7.98. The molecule has 19 heavy (non-hydrogen) atoms. The number of nitrogens with two attached hydrogens (primary N) is 1. The molecule has 2 heterocycles. The van der Waals surface area contributed by atoms with Crippen molar-refractivity contribution < 1.29 is 21.6 Å². The summed E-state index contributed by atoms with van der Waals surface area (Å²) in [4.78, 5) is 3.24. The zero-order valence-electron chi connectivity index (χ0n) is 10.4. The molecule has 2 N–H and O–H groups in total. The predicted octanol–water partition coefficient (Wildman–Crippen LogP) is -0.709. The lowest BCUT2D eigenvalue weighted by Gasteiger charge is -2.38. The predicted molar refractivity (Wildman–Crippen MR) is 64.5 cm³/mol. The summed E-state index contributed by atoms with van der Waals surface area (Å²) in [5, 5.41) is 0. The van der Waals surface area contributed by atoms with E-state index >= 15 is 0 Å². The molecular formula is C10H18F3N3O2S. The van der Waals surface area contributed by atoms with Crippen molar-refractivity contribution in [3.05, 3.63) is 0 Å². The second-order valence-electron chi connectivity index (χ2n) is 5.24. The highest BCUT2D eigenvalue weighted by Gasteiger charge is 2.40. The average molecular weight is 301 g/mol. The topological polar surface area (TPSA) is 66.6 Å². The second kappa shape index (κ2) is 5.19. The van der Waals surface area contributed by atoms with E-state index in [0.29, 0.717) is 26.2 Å². The van der Waals surface area contributed by atoms with Crippen LogP contribution in [0.4, 0.5) is 13.2 Å². The molecule has 2 saturated heterocycles. The molecule has 2 atom stereocenters. The van der Waals surface area contributed by atoms with Gasteiger partial charge in [0.25, 0.3) is 0 Å². The van der Waals surface area contributed by atoms with Crippen LogP contribution in [0.25, 0.3) is 0 Å². The lowest BCUT2D eigenvalue weighted by atomic mass is 10.1. The SMILES string of the molecule is NC1CS(=O)(=O)CC1N1CCN(CC(F)(F)F)CC1. The van der Waals surface area contributed by atoms with Crippen LogP contribution in [0, 0.1) is 0 Å².